The molecule has 2 aliphatic heterocycles. The van der Waals surface area contributed by atoms with Crippen molar-refractivity contribution in [1.82, 2.24) is 9.29 Å². The zero-order chi connectivity index (χ0) is 20.7. The minimum atomic E-state index is -3.72. The van der Waals surface area contributed by atoms with Crippen LogP contribution in [0.2, 0.25) is 0 Å². The Balaban J connectivity index is 1.40. The van der Waals surface area contributed by atoms with E-state index < -0.39 is 16.1 Å². The molecule has 0 aliphatic carbocycles. The summed E-state index contributed by atoms with van der Waals surface area (Å²) in [6.45, 7) is 1.30. The van der Waals surface area contributed by atoms with E-state index in [0.717, 1.165) is 16.7 Å². The smallest absolute Gasteiger partial charge is 0.243 e. The van der Waals surface area contributed by atoms with Gasteiger partial charge in [-0.15, -0.1) is 0 Å². The average Bonchev–Trinajstić information content (AvgIpc) is 3.23. The molecular weight excluding hydrogens is 404 g/mol. The van der Waals surface area contributed by atoms with E-state index >= 15 is 0 Å². The number of aliphatic hydroxyl groups is 1. The monoisotopic (exact) mass is 424 g/mol. The third-order valence-corrected chi connectivity index (χ3v) is 7.13. The summed E-state index contributed by atoms with van der Waals surface area (Å²) in [5, 5.41) is 10.6. The van der Waals surface area contributed by atoms with Gasteiger partial charge >= 0.3 is 0 Å². The molecule has 3 aromatic rings. The van der Waals surface area contributed by atoms with Gasteiger partial charge in [0.15, 0.2) is 11.5 Å². The minimum absolute atomic E-state index is 0.164. The second kappa shape index (κ2) is 7.39. The Morgan fingerprint density at radius 1 is 0.933 bits per heavy atom. The number of fused-ring (bicyclic) bond motifs is 2. The third kappa shape index (κ3) is 3.32. The van der Waals surface area contributed by atoms with Crippen molar-refractivity contribution in [2.24, 2.45) is 0 Å². The van der Waals surface area contributed by atoms with E-state index in [-0.39, 0.29) is 18.0 Å². The Morgan fingerprint density at radius 2 is 1.67 bits per heavy atom. The SMILES string of the molecule is O=S(=O)(c1ccc2c(c1)OCCO2)N1Cc2cnc([C@H](O)c3ccccc3)cc2C1. The molecule has 5 rings (SSSR count). The van der Waals surface area contributed by atoms with Gasteiger partial charge in [-0.05, 0) is 34.9 Å². The highest BCUT2D eigenvalue weighted by Crippen LogP contribution is 2.35. The fourth-order valence-corrected chi connectivity index (χ4v) is 5.14. The lowest BCUT2D eigenvalue weighted by atomic mass is 10.0. The first kappa shape index (κ1) is 19.0. The molecule has 0 radical (unpaired) electrons. The lowest BCUT2D eigenvalue weighted by Gasteiger charge is -2.20. The molecule has 0 amide bonds. The Bertz CT molecular complexity index is 1200. The highest BCUT2D eigenvalue weighted by molar-refractivity contribution is 7.89. The second-order valence-electron chi connectivity index (χ2n) is 7.27. The Morgan fingerprint density at radius 3 is 2.47 bits per heavy atom. The number of aliphatic hydroxyl groups excluding tert-OH is 1. The van der Waals surface area contributed by atoms with Crippen molar-refractivity contribution >= 4 is 10.0 Å². The van der Waals surface area contributed by atoms with Crippen molar-refractivity contribution < 1.29 is 23.0 Å². The van der Waals surface area contributed by atoms with Crippen molar-refractivity contribution in [2.45, 2.75) is 24.1 Å². The average molecular weight is 424 g/mol. The molecule has 8 heteroatoms. The van der Waals surface area contributed by atoms with Gasteiger partial charge in [0, 0.05) is 25.4 Å². The molecule has 0 bridgehead atoms. The minimum Gasteiger partial charge on any atom is -0.486 e. The molecule has 1 N–H and O–H groups in total. The van der Waals surface area contributed by atoms with Gasteiger partial charge < -0.3 is 14.6 Å². The third-order valence-electron chi connectivity index (χ3n) is 5.34. The first-order chi connectivity index (χ1) is 14.5. The number of nitrogens with zero attached hydrogens (tertiary/aromatic N) is 2. The van der Waals surface area contributed by atoms with Crippen LogP contribution in [0.15, 0.2) is 65.7 Å². The van der Waals surface area contributed by atoms with Crippen molar-refractivity contribution in [3.05, 3.63) is 83.2 Å². The molecule has 0 spiro atoms. The van der Waals surface area contributed by atoms with Crippen molar-refractivity contribution in [3.8, 4) is 11.5 Å². The number of sulfonamides is 1. The van der Waals surface area contributed by atoms with E-state index in [9.17, 15) is 13.5 Å². The molecular formula is C22H20N2O5S. The van der Waals surface area contributed by atoms with Crippen molar-refractivity contribution in [2.75, 3.05) is 13.2 Å². The molecule has 3 heterocycles. The fraction of sp³-hybridized carbons (Fsp3) is 0.227. The molecule has 0 fully saturated rings. The lowest BCUT2D eigenvalue weighted by molar-refractivity contribution is 0.171. The van der Waals surface area contributed by atoms with Crippen LogP contribution in [0.4, 0.5) is 0 Å². The summed E-state index contributed by atoms with van der Waals surface area (Å²) in [5.74, 6) is 0.989. The molecule has 154 valence electrons. The molecule has 2 aliphatic rings. The van der Waals surface area contributed by atoms with E-state index in [2.05, 4.69) is 4.98 Å². The Labute approximate surface area is 174 Å². The van der Waals surface area contributed by atoms with E-state index in [4.69, 9.17) is 9.47 Å². The van der Waals surface area contributed by atoms with Crippen LogP contribution in [0.5, 0.6) is 11.5 Å². The zero-order valence-corrected chi connectivity index (χ0v) is 16.9. The van der Waals surface area contributed by atoms with Crippen molar-refractivity contribution in [1.29, 1.82) is 0 Å². The number of hydrogen-bond donors (Lipinski definition) is 1. The first-order valence-corrected chi connectivity index (χ1v) is 11.1. The molecule has 30 heavy (non-hydrogen) atoms. The molecule has 2 aromatic carbocycles. The molecule has 0 saturated heterocycles. The van der Waals surface area contributed by atoms with Crippen LogP contribution in [0.25, 0.3) is 0 Å². The van der Waals surface area contributed by atoms with Crippen molar-refractivity contribution in [3.63, 3.8) is 0 Å². The van der Waals surface area contributed by atoms with E-state index in [0.29, 0.717) is 30.4 Å². The standard InChI is InChI=1S/C22H20N2O5S/c25-22(15-4-2-1-3-5-15)19-10-16-13-24(14-17(16)12-23-19)30(26,27)18-6-7-20-21(11-18)29-9-8-28-20/h1-7,10-12,22,25H,8-9,13-14H2/t22-/m1/s1. The van der Waals surface area contributed by atoms with Gasteiger partial charge in [0.25, 0.3) is 0 Å². The summed E-state index contributed by atoms with van der Waals surface area (Å²) in [5.41, 5.74) is 2.92. The van der Waals surface area contributed by atoms with Crippen LogP contribution in [-0.2, 0) is 23.1 Å². The Kier molecular flexibility index (Phi) is 4.69. The molecule has 1 atom stereocenters. The van der Waals surface area contributed by atoms with E-state index in [1.807, 2.05) is 30.3 Å². The maximum Gasteiger partial charge on any atom is 0.243 e. The van der Waals surface area contributed by atoms with Gasteiger partial charge in [-0.3, -0.25) is 4.98 Å². The summed E-state index contributed by atoms with van der Waals surface area (Å²) < 4.78 is 38.8. The molecule has 1 aromatic heterocycles. The first-order valence-electron chi connectivity index (χ1n) is 9.63. The quantitative estimate of drug-likeness (QED) is 0.693. The maximum atomic E-state index is 13.2. The van der Waals surface area contributed by atoms with Crippen LogP contribution < -0.4 is 9.47 Å². The van der Waals surface area contributed by atoms with Gasteiger partial charge in [-0.2, -0.15) is 4.31 Å². The predicted octanol–water partition coefficient (Wildman–Crippen LogP) is 2.64. The number of pyridine rings is 1. The van der Waals surface area contributed by atoms with Gasteiger partial charge in [-0.1, -0.05) is 30.3 Å². The number of aromatic nitrogens is 1. The highest BCUT2D eigenvalue weighted by atomic mass is 32.2. The molecule has 0 unspecified atom stereocenters. The number of rotatable bonds is 4. The highest BCUT2D eigenvalue weighted by Gasteiger charge is 2.32. The van der Waals surface area contributed by atoms with Gasteiger partial charge in [0.2, 0.25) is 10.0 Å². The predicted molar refractivity (Wildman–Crippen MR) is 109 cm³/mol. The summed E-state index contributed by atoms with van der Waals surface area (Å²) >= 11 is 0. The summed E-state index contributed by atoms with van der Waals surface area (Å²) in [6.07, 6.45) is 0.788. The Hall–Kier alpha value is -2.94. The zero-order valence-electron chi connectivity index (χ0n) is 16.1. The number of hydrogen-bond acceptors (Lipinski definition) is 6. The summed E-state index contributed by atoms with van der Waals surface area (Å²) in [7, 11) is -3.72. The number of benzene rings is 2. The summed E-state index contributed by atoms with van der Waals surface area (Å²) in [6, 6.07) is 15.7. The molecule has 0 saturated carbocycles. The van der Waals surface area contributed by atoms with Gasteiger partial charge in [-0.25, -0.2) is 8.42 Å². The van der Waals surface area contributed by atoms with Crippen LogP contribution >= 0.6 is 0 Å². The maximum absolute atomic E-state index is 13.2. The van der Waals surface area contributed by atoms with Gasteiger partial charge in [0.1, 0.15) is 19.3 Å². The van der Waals surface area contributed by atoms with Crippen LogP contribution in [-0.4, -0.2) is 36.0 Å². The fourth-order valence-electron chi connectivity index (χ4n) is 3.73. The van der Waals surface area contributed by atoms with E-state index in [1.165, 1.54) is 16.4 Å². The molecule has 7 nitrogen and oxygen atoms in total. The van der Waals surface area contributed by atoms with Crippen LogP contribution in [0.1, 0.15) is 28.5 Å². The van der Waals surface area contributed by atoms with Crippen LogP contribution in [0, 0.1) is 0 Å². The number of ether oxygens (including phenoxy) is 2. The largest absolute Gasteiger partial charge is 0.486 e. The van der Waals surface area contributed by atoms with E-state index in [1.54, 1.807) is 18.3 Å². The topological polar surface area (TPSA) is 89.0 Å². The lowest BCUT2D eigenvalue weighted by Crippen LogP contribution is -2.26. The van der Waals surface area contributed by atoms with Gasteiger partial charge in [0.05, 0.1) is 10.6 Å². The van der Waals surface area contributed by atoms with Crippen LogP contribution in [0.3, 0.4) is 0 Å². The summed E-state index contributed by atoms with van der Waals surface area (Å²) in [4.78, 5) is 4.53. The normalized spacial score (nSPS) is 16.8. The second-order valence-corrected chi connectivity index (χ2v) is 9.21.